The lowest BCUT2D eigenvalue weighted by molar-refractivity contribution is 0.0807. The highest BCUT2D eigenvalue weighted by atomic mass is 16.5. The fourth-order valence-electron chi connectivity index (χ4n) is 3.34. The van der Waals surface area contributed by atoms with Crippen LogP contribution in [0.25, 0.3) is 0 Å². The molecule has 1 aromatic heterocycles. The molecule has 0 saturated carbocycles. The summed E-state index contributed by atoms with van der Waals surface area (Å²) in [6, 6.07) is 10.7. The first-order chi connectivity index (χ1) is 9.33. The number of ether oxygens (including phenoxy) is 1. The van der Waals surface area contributed by atoms with E-state index in [2.05, 4.69) is 30.4 Å². The Morgan fingerprint density at radius 2 is 2.21 bits per heavy atom. The summed E-state index contributed by atoms with van der Waals surface area (Å²) in [6.07, 6.45) is 3.02. The van der Waals surface area contributed by atoms with Crippen molar-refractivity contribution < 1.29 is 9.15 Å². The van der Waals surface area contributed by atoms with Gasteiger partial charge in [-0.25, -0.2) is 0 Å². The Balaban J connectivity index is 1.80. The summed E-state index contributed by atoms with van der Waals surface area (Å²) in [4.78, 5) is 0. The van der Waals surface area contributed by atoms with E-state index in [-0.39, 0.29) is 12.1 Å². The summed E-state index contributed by atoms with van der Waals surface area (Å²) in [6.45, 7) is 2.96. The highest BCUT2D eigenvalue weighted by Gasteiger charge is 2.42. The van der Waals surface area contributed by atoms with Crippen LogP contribution in [0.3, 0.4) is 0 Å². The third kappa shape index (κ3) is 1.69. The first-order valence-corrected chi connectivity index (χ1v) is 6.85. The maximum atomic E-state index is 5.98. The lowest BCUT2D eigenvalue weighted by Crippen LogP contribution is -2.29. The molecule has 2 aliphatic rings. The molecule has 4 rings (SSSR count). The third-order valence-corrected chi connectivity index (χ3v) is 4.24. The van der Waals surface area contributed by atoms with Gasteiger partial charge < -0.3 is 14.5 Å². The van der Waals surface area contributed by atoms with Gasteiger partial charge >= 0.3 is 0 Å². The quantitative estimate of drug-likeness (QED) is 0.841. The van der Waals surface area contributed by atoms with Crippen molar-refractivity contribution in [3.63, 3.8) is 0 Å². The van der Waals surface area contributed by atoms with Gasteiger partial charge in [0.1, 0.15) is 5.76 Å². The summed E-state index contributed by atoms with van der Waals surface area (Å²) in [5.41, 5.74) is 3.76. The molecule has 1 aromatic carbocycles. The van der Waals surface area contributed by atoms with Crippen molar-refractivity contribution in [2.75, 3.05) is 11.9 Å². The molecule has 0 bridgehead atoms. The lowest BCUT2D eigenvalue weighted by atomic mass is 9.82. The Hall–Kier alpha value is -1.74. The SMILES string of the molecule is Cc1ccc2c(c1)[C@H]1OCC[C@@H]1[C@H](c1ccco1)N2. The Labute approximate surface area is 112 Å². The van der Waals surface area contributed by atoms with Crippen LogP contribution in [-0.2, 0) is 4.74 Å². The normalized spacial score (nSPS) is 28.6. The van der Waals surface area contributed by atoms with Crippen molar-refractivity contribution >= 4 is 5.69 Å². The first kappa shape index (κ1) is 11.1. The lowest BCUT2D eigenvalue weighted by Gasteiger charge is -2.35. The van der Waals surface area contributed by atoms with E-state index in [4.69, 9.17) is 9.15 Å². The average Bonchev–Trinajstić information content (AvgIpc) is 3.09. The molecular formula is C16H17NO2. The molecule has 19 heavy (non-hydrogen) atoms. The molecule has 0 aliphatic carbocycles. The molecule has 2 aliphatic heterocycles. The van der Waals surface area contributed by atoms with E-state index >= 15 is 0 Å². The van der Waals surface area contributed by atoms with Crippen LogP contribution in [0.5, 0.6) is 0 Å². The molecule has 0 unspecified atom stereocenters. The minimum Gasteiger partial charge on any atom is -0.467 e. The van der Waals surface area contributed by atoms with E-state index in [9.17, 15) is 0 Å². The number of nitrogens with one attached hydrogen (secondary N) is 1. The average molecular weight is 255 g/mol. The van der Waals surface area contributed by atoms with Crippen LogP contribution in [0, 0.1) is 12.8 Å². The maximum Gasteiger partial charge on any atom is 0.126 e. The van der Waals surface area contributed by atoms with Gasteiger partial charge in [-0.1, -0.05) is 17.7 Å². The van der Waals surface area contributed by atoms with Crippen LogP contribution in [0.2, 0.25) is 0 Å². The van der Waals surface area contributed by atoms with Crippen molar-refractivity contribution in [1.82, 2.24) is 0 Å². The molecular weight excluding hydrogens is 238 g/mol. The zero-order valence-corrected chi connectivity index (χ0v) is 10.9. The van der Waals surface area contributed by atoms with Gasteiger partial charge in [-0.2, -0.15) is 0 Å². The Kier molecular flexibility index (Phi) is 2.42. The van der Waals surface area contributed by atoms with Gasteiger partial charge in [0.05, 0.1) is 18.4 Å². The number of hydrogen-bond acceptors (Lipinski definition) is 3. The molecule has 0 amide bonds. The Morgan fingerprint density at radius 3 is 3.05 bits per heavy atom. The van der Waals surface area contributed by atoms with Gasteiger partial charge in [-0.05, 0) is 31.5 Å². The molecule has 3 heteroatoms. The zero-order valence-electron chi connectivity index (χ0n) is 10.9. The summed E-state index contributed by atoms with van der Waals surface area (Å²) >= 11 is 0. The van der Waals surface area contributed by atoms with Crippen molar-refractivity contribution in [3.05, 3.63) is 53.5 Å². The molecule has 1 saturated heterocycles. The minimum atomic E-state index is 0.200. The molecule has 1 N–H and O–H groups in total. The van der Waals surface area contributed by atoms with Gasteiger partial charge in [-0.3, -0.25) is 0 Å². The molecule has 98 valence electrons. The number of rotatable bonds is 1. The molecule has 0 spiro atoms. The highest BCUT2D eigenvalue weighted by Crippen LogP contribution is 2.49. The van der Waals surface area contributed by atoms with E-state index < -0.39 is 0 Å². The van der Waals surface area contributed by atoms with Crippen molar-refractivity contribution in [1.29, 1.82) is 0 Å². The fourth-order valence-corrected chi connectivity index (χ4v) is 3.34. The number of benzene rings is 1. The van der Waals surface area contributed by atoms with Gasteiger partial charge in [0, 0.05) is 23.8 Å². The zero-order chi connectivity index (χ0) is 12.8. The number of hydrogen-bond donors (Lipinski definition) is 1. The summed E-state index contributed by atoms with van der Waals surface area (Å²) in [5.74, 6) is 1.46. The number of aryl methyl sites for hydroxylation is 1. The Bertz CT molecular complexity index is 591. The molecule has 3 atom stereocenters. The monoisotopic (exact) mass is 255 g/mol. The summed E-state index contributed by atoms with van der Waals surface area (Å²) in [5, 5.41) is 3.62. The molecule has 1 fully saturated rings. The summed E-state index contributed by atoms with van der Waals surface area (Å²) in [7, 11) is 0. The van der Waals surface area contributed by atoms with Gasteiger partial charge in [0.25, 0.3) is 0 Å². The second kappa shape index (κ2) is 4.14. The molecule has 2 aromatic rings. The van der Waals surface area contributed by atoms with E-state index in [1.165, 1.54) is 16.8 Å². The highest BCUT2D eigenvalue weighted by molar-refractivity contribution is 5.57. The first-order valence-electron chi connectivity index (χ1n) is 6.85. The smallest absolute Gasteiger partial charge is 0.126 e. The van der Waals surface area contributed by atoms with E-state index in [1.54, 1.807) is 6.26 Å². The molecule has 0 radical (unpaired) electrons. The van der Waals surface area contributed by atoms with E-state index in [0.717, 1.165) is 18.8 Å². The topological polar surface area (TPSA) is 34.4 Å². The van der Waals surface area contributed by atoms with Gasteiger partial charge in [0.2, 0.25) is 0 Å². The summed E-state index contributed by atoms with van der Waals surface area (Å²) < 4.78 is 11.6. The van der Waals surface area contributed by atoms with Gasteiger partial charge in [0.15, 0.2) is 0 Å². The number of fused-ring (bicyclic) bond motifs is 3. The van der Waals surface area contributed by atoms with Crippen LogP contribution >= 0.6 is 0 Å². The second-order valence-corrected chi connectivity index (χ2v) is 5.47. The van der Waals surface area contributed by atoms with Crippen LogP contribution in [0.15, 0.2) is 41.0 Å². The number of anilines is 1. The number of furan rings is 1. The van der Waals surface area contributed by atoms with Crippen molar-refractivity contribution in [3.8, 4) is 0 Å². The second-order valence-electron chi connectivity index (χ2n) is 5.47. The fraction of sp³-hybridized carbons (Fsp3) is 0.375. The Morgan fingerprint density at radius 1 is 1.26 bits per heavy atom. The largest absolute Gasteiger partial charge is 0.467 e. The minimum absolute atomic E-state index is 0.200. The predicted octanol–water partition coefficient (Wildman–Crippen LogP) is 3.83. The van der Waals surface area contributed by atoms with E-state index in [1.807, 2.05) is 12.1 Å². The van der Waals surface area contributed by atoms with Crippen LogP contribution < -0.4 is 5.32 Å². The molecule has 3 heterocycles. The predicted molar refractivity (Wildman–Crippen MR) is 73.1 cm³/mol. The molecule has 3 nitrogen and oxygen atoms in total. The van der Waals surface area contributed by atoms with Gasteiger partial charge in [-0.15, -0.1) is 0 Å². The van der Waals surface area contributed by atoms with Crippen molar-refractivity contribution in [2.45, 2.75) is 25.5 Å². The maximum absolute atomic E-state index is 5.98. The van der Waals surface area contributed by atoms with Crippen LogP contribution in [0.4, 0.5) is 5.69 Å². The van der Waals surface area contributed by atoms with Crippen LogP contribution in [0.1, 0.15) is 35.5 Å². The van der Waals surface area contributed by atoms with Crippen molar-refractivity contribution in [2.24, 2.45) is 5.92 Å². The standard InChI is InChI=1S/C16H17NO2/c1-10-4-5-13-12(9-10)16-11(6-8-19-16)15(17-13)14-3-2-7-18-14/h2-5,7,9,11,15-17H,6,8H2,1H3/t11-,15-,16+/m1/s1. The van der Waals surface area contributed by atoms with Crippen LogP contribution in [-0.4, -0.2) is 6.61 Å². The van der Waals surface area contributed by atoms with E-state index in [0.29, 0.717) is 5.92 Å². The third-order valence-electron chi connectivity index (χ3n) is 4.24.